The van der Waals surface area contributed by atoms with Gasteiger partial charge in [0.25, 0.3) is 0 Å². The first-order chi connectivity index (χ1) is 13.0. The Kier molecular flexibility index (Phi) is 5.95. The number of nitrogens with zero attached hydrogens (tertiary/aromatic N) is 2. The lowest BCUT2D eigenvalue weighted by Gasteiger charge is -2.16. The van der Waals surface area contributed by atoms with Gasteiger partial charge in [-0.05, 0) is 56.5 Å². The quantitative estimate of drug-likeness (QED) is 0.619. The molecule has 142 valence electrons. The minimum atomic E-state index is -0.642. The van der Waals surface area contributed by atoms with E-state index in [9.17, 15) is 9.18 Å². The molecule has 27 heavy (non-hydrogen) atoms. The molecule has 0 aliphatic heterocycles. The predicted molar refractivity (Wildman–Crippen MR) is 103 cm³/mol. The van der Waals surface area contributed by atoms with E-state index in [0.29, 0.717) is 28.4 Å². The number of hydrogen-bond acceptors (Lipinski definition) is 6. The first-order valence-electron chi connectivity index (χ1n) is 8.43. The fourth-order valence-corrected chi connectivity index (χ4v) is 2.86. The monoisotopic (exact) mass is 389 g/mol. The number of halogens is 1. The number of rotatable bonds is 8. The van der Waals surface area contributed by atoms with Crippen molar-refractivity contribution in [1.29, 1.82) is 0 Å². The molecule has 0 fully saturated rings. The number of ether oxygens (including phenoxy) is 2. The molecule has 0 saturated carbocycles. The molecule has 2 aromatic heterocycles. The molecular weight excluding hydrogens is 369 g/mol. The van der Waals surface area contributed by atoms with Gasteiger partial charge in [0.05, 0.1) is 16.5 Å². The molecule has 0 radical (unpaired) electrons. The SMILES string of the molecule is CSC(C)C(=O)C(C)Oc1ccc(Oc2nc3nc(CF)ccc3[nH]2)cc1. The van der Waals surface area contributed by atoms with Gasteiger partial charge in [-0.25, -0.2) is 9.37 Å². The summed E-state index contributed by atoms with van der Waals surface area (Å²) in [6, 6.07) is 10.5. The number of benzene rings is 1. The zero-order chi connectivity index (χ0) is 19.4. The number of hydrogen-bond donors (Lipinski definition) is 1. The summed E-state index contributed by atoms with van der Waals surface area (Å²) in [5.41, 5.74) is 1.38. The lowest BCUT2D eigenvalue weighted by atomic mass is 10.2. The molecule has 2 heterocycles. The number of thioether (sulfide) groups is 1. The molecule has 2 atom stereocenters. The molecule has 8 heteroatoms. The van der Waals surface area contributed by atoms with Gasteiger partial charge in [-0.2, -0.15) is 16.7 Å². The van der Waals surface area contributed by atoms with Crippen molar-refractivity contribution in [1.82, 2.24) is 15.0 Å². The van der Waals surface area contributed by atoms with E-state index in [0.717, 1.165) is 0 Å². The maximum absolute atomic E-state index is 12.7. The average Bonchev–Trinajstić information content (AvgIpc) is 3.09. The van der Waals surface area contributed by atoms with Gasteiger partial charge in [0.15, 0.2) is 17.5 Å². The van der Waals surface area contributed by atoms with E-state index in [4.69, 9.17) is 9.47 Å². The van der Waals surface area contributed by atoms with Crippen LogP contribution in [0.25, 0.3) is 11.2 Å². The lowest BCUT2D eigenvalue weighted by molar-refractivity contribution is -0.124. The van der Waals surface area contributed by atoms with Gasteiger partial charge in [0, 0.05) is 0 Å². The van der Waals surface area contributed by atoms with Crippen LogP contribution in [0.2, 0.25) is 0 Å². The Morgan fingerprint density at radius 1 is 1.15 bits per heavy atom. The van der Waals surface area contributed by atoms with Crippen molar-refractivity contribution in [2.75, 3.05) is 6.26 Å². The molecular formula is C19H20FN3O3S. The number of Topliss-reactive ketones (excluding diaryl/α,β-unsaturated/α-hetero) is 1. The molecule has 0 spiro atoms. The Morgan fingerprint density at radius 2 is 1.85 bits per heavy atom. The summed E-state index contributed by atoms with van der Waals surface area (Å²) in [4.78, 5) is 23.4. The zero-order valence-corrected chi connectivity index (χ0v) is 16.0. The second kappa shape index (κ2) is 8.39. The highest BCUT2D eigenvalue weighted by atomic mass is 32.2. The van der Waals surface area contributed by atoms with E-state index < -0.39 is 12.8 Å². The number of H-pyrrole nitrogens is 1. The lowest BCUT2D eigenvalue weighted by Crippen LogP contribution is -2.30. The third kappa shape index (κ3) is 4.57. The molecule has 0 amide bonds. The van der Waals surface area contributed by atoms with Gasteiger partial charge >= 0.3 is 6.01 Å². The van der Waals surface area contributed by atoms with Crippen LogP contribution in [0.4, 0.5) is 4.39 Å². The minimum Gasteiger partial charge on any atom is -0.483 e. The van der Waals surface area contributed by atoms with Crippen LogP contribution in [0.3, 0.4) is 0 Å². The number of carbonyl (C=O) groups excluding carboxylic acids is 1. The molecule has 1 aromatic carbocycles. The van der Waals surface area contributed by atoms with Gasteiger partial charge in [-0.1, -0.05) is 0 Å². The number of aromatic amines is 1. The molecule has 6 nitrogen and oxygen atoms in total. The van der Waals surface area contributed by atoms with Crippen molar-refractivity contribution in [3.05, 3.63) is 42.1 Å². The Morgan fingerprint density at radius 3 is 2.52 bits per heavy atom. The van der Waals surface area contributed by atoms with Crippen molar-refractivity contribution in [2.24, 2.45) is 0 Å². The van der Waals surface area contributed by atoms with Crippen molar-refractivity contribution in [2.45, 2.75) is 31.9 Å². The Labute approximate surface area is 160 Å². The molecule has 3 rings (SSSR count). The predicted octanol–water partition coefficient (Wildman–Crippen LogP) is 4.31. The number of fused-ring (bicyclic) bond motifs is 1. The maximum atomic E-state index is 12.7. The Bertz CT molecular complexity index is 930. The number of imidazole rings is 1. The fourth-order valence-electron chi connectivity index (χ4n) is 2.44. The standard InChI is InChI=1S/C19H20FN3O3S/c1-11(17(24)12(2)27-3)25-14-5-7-15(8-6-14)26-19-22-16-9-4-13(10-20)21-18(16)23-19/h4-9,11-12H,10H2,1-3H3,(H,21,22,23). The van der Waals surface area contributed by atoms with Crippen LogP contribution in [-0.2, 0) is 11.5 Å². The summed E-state index contributed by atoms with van der Waals surface area (Å²) < 4.78 is 24.0. The van der Waals surface area contributed by atoms with Crippen molar-refractivity contribution in [3.8, 4) is 17.5 Å². The molecule has 3 aromatic rings. The third-order valence-electron chi connectivity index (χ3n) is 4.02. The van der Waals surface area contributed by atoms with Crippen LogP contribution in [0.5, 0.6) is 17.5 Å². The molecule has 2 unspecified atom stereocenters. The van der Waals surface area contributed by atoms with Gasteiger partial charge in [0.1, 0.15) is 18.2 Å². The summed E-state index contributed by atoms with van der Waals surface area (Å²) >= 11 is 1.49. The molecule has 1 N–H and O–H groups in total. The van der Waals surface area contributed by atoms with E-state index in [1.54, 1.807) is 43.3 Å². The van der Waals surface area contributed by atoms with Crippen LogP contribution < -0.4 is 9.47 Å². The first kappa shape index (κ1) is 19.2. The normalized spacial score (nSPS) is 13.3. The second-order valence-corrected chi connectivity index (χ2v) is 7.14. The first-order valence-corrected chi connectivity index (χ1v) is 9.71. The fraction of sp³-hybridized carbons (Fsp3) is 0.316. The van der Waals surface area contributed by atoms with E-state index >= 15 is 0 Å². The molecule has 0 aliphatic carbocycles. The van der Waals surface area contributed by atoms with Crippen molar-refractivity contribution >= 4 is 28.7 Å². The highest BCUT2D eigenvalue weighted by Crippen LogP contribution is 2.24. The highest BCUT2D eigenvalue weighted by Gasteiger charge is 2.20. The van der Waals surface area contributed by atoms with Crippen LogP contribution >= 0.6 is 11.8 Å². The Balaban J connectivity index is 1.66. The smallest absolute Gasteiger partial charge is 0.301 e. The van der Waals surface area contributed by atoms with Crippen LogP contribution in [0.1, 0.15) is 19.5 Å². The summed E-state index contributed by atoms with van der Waals surface area (Å²) in [5, 5.41) is -0.109. The van der Waals surface area contributed by atoms with E-state index in [1.807, 2.05) is 13.2 Å². The number of alkyl halides is 1. The van der Waals surface area contributed by atoms with E-state index in [1.165, 1.54) is 11.8 Å². The summed E-state index contributed by atoms with van der Waals surface area (Å²) in [6.45, 7) is 2.96. The number of nitrogens with one attached hydrogen (secondary N) is 1. The van der Waals surface area contributed by atoms with Crippen LogP contribution in [0, 0.1) is 0 Å². The largest absolute Gasteiger partial charge is 0.483 e. The highest BCUT2D eigenvalue weighted by molar-refractivity contribution is 7.99. The number of carbonyl (C=O) groups is 1. The van der Waals surface area contributed by atoms with Gasteiger partial charge in [0.2, 0.25) is 0 Å². The topological polar surface area (TPSA) is 77.1 Å². The Hall–Kier alpha value is -2.61. The van der Waals surface area contributed by atoms with Crippen LogP contribution in [0.15, 0.2) is 36.4 Å². The molecule has 0 aliphatic rings. The minimum absolute atomic E-state index is 0.0465. The summed E-state index contributed by atoms with van der Waals surface area (Å²) in [6.07, 6.45) is 1.37. The second-order valence-electron chi connectivity index (χ2n) is 5.96. The summed E-state index contributed by atoms with van der Waals surface area (Å²) in [5.74, 6) is 1.17. The van der Waals surface area contributed by atoms with Gasteiger partial charge < -0.3 is 14.5 Å². The van der Waals surface area contributed by atoms with Crippen molar-refractivity contribution in [3.63, 3.8) is 0 Å². The van der Waals surface area contributed by atoms with Gasteiger partial charge in [-0.15, -0.1) is 0 Å². The zero-order valence-electron chi connectivity index (χ0n) is 15.2. The third-order valence-corrected chi connectivity index (χ3v) is 4.96. The van der Waals surface area contributed by atoms with E-state index in [2.05, 4.69) is 15.0 Å². The number of ketones is 1. The number of pyridine rings is 1. The maximum Gasteiger partial charge on any atom is 0.301 e. The van der Waals surface area contributed by atoms with E-state index in [-0.39, 0.29) is 17.0 Å². The average molecular weight is 389 g/mol. The molecule has 0 saturated heterocycles. The number of aromatic nitrogens is 3. The van der Waals surface area contributed by atoms with Crippen LogP contribution in [-0.4, -0.2) is 38.3 Å². The molecule has 0 bridgehead atoms. The van der Waals surface area contributed by atoms with Crippen molar-refractivity contribution < 1.29 is 18.7 Å². The van der Waals surface area contributed by atoms with Gasteiger partial charge in [-0.3, -0.25) is 4.79 Å². The summed E-state index contributed by atoms with van der Waals surface area (Å²) in [7, 11) is 0.